The molecule has 7 heteroatoms. The number of nitrogens with zero attached hydrogens (tertiary/aromatic N) is 2. The minimum Gasteiger partial charge on any atom is -0.393 e. The van der Waals surface area contributed by atoms with Crippen LogP contribution in [0.15, 0.2) is 34.4 Å². The predicted octanol–water partition coefficient (Wildman–Crippen LogP) is 3.26. The number of likely N-dealkylation sites (tertiary alicyclic amines) is 1. The summed E-state index contributed by atoms with van der Waals surface area (Å²) < 4.78 is 0. The lowest BCUT2D eigenvalue weighted by Crippen LogP contribution is -2.36. The maximum atomic E-state index is 12.7. The third-order valence-corrected chi connectivity index (χ3v) is 5.79. The first-order chi connectivity index (χ1) is 12.1. The summed E-state index contributed by atoms with van der Waals surface area (Å²) in [6, 6.07) is 7.51. The van der Waals surface area contributed by atoms with E-state index in [1.807, 2.05) is 29.6 Å². The van der Waals surface area contributed by atoms with Crippen molar-refractivity contribution >= 4 is 33.2 Å². The number of halogens is 1. The number of benzene rings is 1. The Labute approximate surface area is 153 Å². The van der Waals surface area contributed by atoms with Gasteiger partial charge < -0.3 is 10.1 Å². The highest BCUT2D eigenvalue weighted by Gasteiger charge is 2.19. The van der Waals surface area contributed by atoms with E-state index in [4.69, 9.17) is 11.6 Å². The van der Waals surface area contributed by atoms with Crippen molar-refractivity contribution in [3.05, 3.63) is 50.8 Å². The van der Waals surface area contributed by atoms with Crippen LogP contribution in [0.1, 0.15) is 18.7 Å². The summed E-state index contributed by atoms with van der Waals surface area (Å²) in [5.41, 5.74) is 1.54. The predicted molar refractivity (Wildman–Crippen MR) is 101 cm³/mol. The fourth-order valence-electron chi connectivity index (χ4n) is 3.24. The SMILES string of the molecule is O=c1[nH]c(CN2CCC(O)CC2)nc2scc(-c3ccccc3Cl)c12. The van der Waals surface area contributed by atoms with Gasteiger partial charge in [-0.2, -0.15) is 0 Å². The van der Waals surface area contributed by atoms with Crippen LogP contribution >= 0.6 is 22.9 Å². The van der Waals surface area contributed by atoms with E-state index in [2.05, 4.69) is 14.9 Å². The molecule has 0 bridgehead atoms. The second-order valence-corrected chi connectivity index (χ2v) is 7.59. The Bertz CT molecular complexity index is 960. The Morgan fingerprint density at radius 2 is 2.04 bits per heavy atom. The highest BCUT2D eigenvalue weighted by Crippen LogP contribution is 2.34. The fraction of sp³-hybridized carbons (Fsp3) is 0.333. The van der Waals surface area contributed by atoms with Crippen molar-refractivity contribution in [2.45, 2.75) is 25.5 Å². The topological polar surface area (TPSA) is 69.2 Å². The molecule has 3 heterocycles. The van der Waals surface area contributed by atoms with E-state index < -0.39 is 0 Å². The maximum absolute atomic E-state index is 12.7. The number of thiophene rings is 1. The van der Waals surface area contributed by atoms with Gasteiger partial charge in [-0.15, -0.1) is 11.3 Å². The molecule has 0 unspecified atom stereocenters. The summed E-state index contributed by atoms with van der Waals surface area (Å²) in [6.45, 7) is 2.23. The molecule has 1 saturated heterocycles. The Morgan fingerprint density at radius 3 is 2.80 bits per heavy atom. The molecular formula is C18H18ClN3O2S. The number of hydrogen-bond acceptors (Lipinski definition) is 5. The zero-order chi connectivity index (χ0) is 17.4. The third-order valence-electron chi connectivity index (χ3n) is 4.59. The minimum atomic E-state index is -0.207. The molecule has 0 spiro atoms. The Hall–Kier alpha value is -1.73. The van der Waals surface area contributed by atoms with Crippen molar-refractivity contribution in [3.63, 3.8) is 0 Å². The number of aliphatic hydroxyl groups is 1. The molecule has 1 fully saturated rings. The van der Waals surface area contributed by atoms with Gasteiger partial charge in [0.1, 0.15) is 10.7 Å². The number of H-pyrrole nitrogens is 1. The van der Waals surface area contributed by atoms with Crippen LogP contribution in [0.25, 0.3) is 21.3 Å². The number of aromatic amines is 1. The van der Waals surface area contributed by atoms with E-state index in [9.17, 15) is 9.90 Å². The van der Waals surface area contributed by atoms with E-state index in [-0.39, 0.29) is 11.7 Å². The summed E-state index contributed by atoms with van der Waals surface area (Å²) in [6.07, 6.45) is 1.32. The van der Waals surface area contributed by atoms with E-state index >= 15 is 0 Å². The third kappa shape index (κ3) is 3.35. The van der Waals surface area contributed by atoms with E-state index in [0.717, 1.165) is 41.9 Å². The molecule has 1 aliphatic heterocycles. The first-order valence-corrected chi connectivity index (χ1v) is 9.53. The standard InChI is InChI=1S/C18H18ClN3O2S/c19-14-4-2-1-3-12(14)13-10-25-18-16(13)17(24)20-15(21-18)9-22-7-5-11(23)6-8-22/h1-4,10-11,23H,5-9H2,(H,20,21,24). The van der Waals surface area contributed by atoms with Gasteiger partial charge in [0.25, 0.3) is 5.56 Å². The molecule has 0 aliphatic carbocycles. The van der Waals surface area contributed by atoms with Crippen molar-refractivity contribution in [1.82, 2.24) is 14.9 Å². The van der Waals surface area contributed by atoms with Gasteiger partial charge in [0, 0.05) is 34.6 Å². The van der Waals surface area contributed by atoms with E-state index in [1.54, 1.807) is 0 Å². The summed E-state index contributed by atoms with van der Waals surface area (Å²) in [5.74, 6) is 0.668. The highest BCUT2D eigenvalue weighted by atomic mass is 35.5. The number of piperidine rings is 1. The minimum absolute atomic E-state index is 0.131. The average molecular weight is 376 g/mol. The molecular weight excluding hydrogens is 358 g/mol. The second-order valence-electron chi connectivity index (χ2n) is 6.33. The Morgan fingerprint density at radius 1 is 1.28 bits per heavy atom. The number of aliphatic hydroxyl groups excluding tert-OH is 1. The van der Waals surface area contributed by atoms with Gasteiger partial charge >= 0.3 is 0 Å². The largest absolute Gasteiger partial charge is 0.393 e. The van der Waals surface area contributed by atoms with Gasteiger partial charge in [-0.3, -0.25) is 9.69 Å². The lowest BCUT2D eigenvalue weighted by molar-refractivity contribution is 0.0780. The van der Waals surface area contributed by atoms with Gasteiger partial charge in [-0.1, -0.05) is 29.8 Å². The lowest BCUT2D eigenvalue weighted by atomic mass is 10.1. The molecule has 4 rings (SSSR count). The van der Waals surface area contributed by atoms with Gasteiger partial charge in [0.05, 0.1) is 18.0 Å². The fourth-order valence-corrected chi connectivity index (χ4v) is 4.43. The zero-order valence-corrected chi connectivity index (χ0v) is 15.1. The maximum Gasteiger partial charge on any atom is 0.260 e. The Kier molecular flexibility index (Phi) is 4.60. The van der Waals surface area contributed by atoms with Gasteiger partial charge in [0.15, 0.2) is 0 Å². The monoisotopic (exact) mass is 375 g/mol. The molecule has 1 aromatic carbocycles. The van der Waals surface area contributed by atoms with Crippen molar-refractivity contribution < 1.29 is 5.11 Å². The van der Waals surface area contributed by atoms with Crippen LogP contribution in [0.3, 0.4) is 0 Å². The smallest absolute Gasteiger partial charge is 0.260 e. The molecule has 25 heavy (non-hydrogen) atoms. The van der Waals surface area contributed by atoms with Gasteiger partial charge in [-0.25, -0.2) is 4.98 Å². The first kappa shape index (κ1) is 16.7. The van der Waals surface area contributed by atoms with E-state index in [1.165, 1.54) is 11.3 Å². The van der Waals surface area contributed by atoms with Crippen molar-refractivity contribution in [1.29, 1.82) is 0 Å². The number of nitrogens with one attached hydrogen (secondary N) is 1. The number of hydrogen-bond donors (Lipinski definition) is 2. The molecule has 0 amide bonds. The highest BCUT2D eigenvalue weighted by molar-refractivity contribution is 7.17. The summed E-state index contributed by atoms with van der Waals surface area (Å²) in [4.78, 5) is 23.2. The first-order valence-electron chi connectivity index (χ1n) is 8.27. The van der Waals surface area contributed by atoms with Crippen LogP contribution in [0.2, 0.25) is 5.02 Å². The van der Waals surface area contributed by atoms with Crippen molar-refractivity contribution in [2.24, 2.45) is 0 Å². The molecule has 0 saturated carbocycles. The molecule has 130 valence electrons. The normalized spacial score (nSPS) is 16.6. The van der Waals surface area contributed by atoms with Crippen LogP contribution in [-0.2, 0) is 6.54 Å². The van der Waals surface area contributed by atoms with Gasteiger partial charge in [0.2, 0.25) is 0 Å². The molecule has 5 nitrogen and oxygen atoms in total. The molecule has 0 atom stereocenters. The molecule has 2 aromatic heterocycles. The summed E-state index contributed by atoms with van der Waals surface area (Å²) >= 11 is 7.75. The molecule has 2 N–H and O–H groups in total. The zero-order valence-electron chi connectivity index (χ0n) is 13.5. The van der Waals surface area contributed by atoms with Crippen LogP contribution < -0.4 is 5.56 Å². The molecule has 0 radical (unpaired) electrons. The van der Waals surface area contributed by atoms with Crippen LogP contribution in [0.5, 0.6) is 0 Å². The summed E-state index contributed by atoms with van der Waals surface area (Å²) in [5, 5.41) is 12.8. The summed E-state index contributed by atoms with van der Waals surface area (Å²) in [7, 11) is 0. The number of rotatable bonds is 3. The quantitative estimate of drug-likeness (QED) is 0.737. The lowest BCUT2D eigenvalue weighted by Gasteiger charge is -2.28. The van der Waals surface area contributed by atoms with Crippen LogP contribution in [0.4, 0.5) is 0 Å². The molecule has 1 aliphatic rings. The number of aromatic nitrogens is 2. The Balaban J connectivity index is 1.68. The van der Waals surface area contributed by atoms with Crippen molar-refractivity contribution in [2.75, 3.05) is 13.1 Å². The number of fused-ring (bicyclic) bond motifs is 1. The van der Waals surface area contributed by atoms with Crippen molar-refractivity contribution in [3.8, 4) is 11.1 Å². The molecule has 3 aromatic rings. The second kappa shape index (κ2) is 6.88. The van der Waals surface area contributed by atoms with Crippen LogP contribution in [-0.4, -0.2) is 39.2 Å². The van der Waals surface area contributed by atoms with Gasteiger partial charge in [-0.05, 0) is 18.9 Å². The average Bonchev–Trinajstić information content (AvgIpc) is 3.02. The van der Waals surface area contributed by atoms with Crippen LogP contribution in [0, 0.1) is 0 Å². The van der Waals surface area contributed by atoms with E-state index in [0.29, 0.717) is 22.8 Å².